The molecule has 234 valence electrons. The molecule has 3 heterocycles. The van der Waals surface area contributed by atoms with E-state index in [0.717, 1.165) is 82.8 Å². The van der Waals surface area contributed by atoms with Gasteiger partial charge in [0.1, 0.15) is 22.3 Å². The average Bonchev–Trinajstić information content (AvgIpc) is 3.77. The van der Waals surface area contributed by atoms with Gasteiger partial charge in [-0.1, -0.05) is 133 Å². The summed E-state index contributed by atoms with van der Waals surface area (Å²) in [5, 5.41) is 4.24. The molecular formula is C45H27N3O2. The second-order valence-electron chi connectivity index (χ2n) is 12.4. The molecule has 5 nitrogen and oxygen atoms in total. The van der Waals surface area contributed by atoms with Gasteiger partial charge in [0.05, 0.1) is 5.56 Å². The van der Waals surface area contributed by atoms with Gasteiger partial charge in [-0.15, -0.1) is 0 Å². The highest BCUT2D eigenvalue weighted by atomic mass is 16.3. The molecule has 0 aliphatic rings. The molecule has 0 bridgehead atoms. The molecule has 10 aromatic rings. The highest BCUT2D eigenvalue weighted by molar-refractivity contribution is 6.16. The van der Waals surface area contributed by atoms with Gasteiger partial charge in [-0.2, -0.15) is 0 Å². The van der Waals surface area contributed by atoms with E-state index in [0.29, 0.717) is 17.5 Å². The zero-order valence-electron chi connectivity index (χ0n) is 26.7. The number of furan rings is 2. The van der Waals surface area contributed by atoms with E-state index in [-0.39, 0.29) is 0 Å². The van der Waals surface area contributed by atoms with Crippen LogP contribution in [0.1, 0.15) is 0 Å². The van der Waals surface area contributed by atoms with Crippen LogP contribution >= 0.6 is 0 Å². The van der Waals surface area contributed by atoms with Gasteiger partial charge in [0.25, 0.3) is 0 Å². The Labute approximate surface area is 287 Å². The Morgan fingerprint density at radius 2 is 0.860 bits per heavy atom. The minimum absolute atomic E-state index is 0.554. The fraction of sp³-hybridized carbons (Fsp3) is 0. The summed E-state index contributed by atoms with van der Waals surface area (Å²) in [5.74, 6) is 1.76. The quantitative estimate of drug-likeness (QED) is 0.187. The van der Waals surface area contributed by atoms with Crippen LogP contribution in [0.4, 0.5) is 0 Å². The topological polar surface area (TPSA) is 65.0 Å². The summed E-state index contributed by atoms with van der Waals surface area (Å²) in [5.41, 5.74) is 10.4. The first-order valence-electron chi connectivity index (χ1n) is 16.6. The van der Waals surface area contributed by atoms with Crippen LogP contribution < -0.4 is 0 Å². The van der Waals surface area contributed by atoms with Crippen molar-refractivity contribution < 1.29 is 8.83 Å². The van der Waals surface area contributed by atoms with Crippen LogP contribution in [0.25, 0.3) is 100 Å². The van der Waals surface area contributed by atoms with Gasteiger partial charge in [-0.05, 0) is 52.6 Å². The number of benzene rings is 7. The number of fused-ring (bicyclic) bond motifs is 6. The lowest BCUT2D eigenvalue weighted by atomic mass is 9.97. The average molecular weight is 642 g/mol. The molecule has 5 heteroatoms. The Bertz CT molecular complexity index is 2850. The number of rotatable bonds is 5. The lowest BCUT2D eigenvalue weighted by molar-refractivity contribution is 0.669. The van der Waals surface area contributed by atoms with E-state index < -0.39 is 0 Å². The van der Waals surface area contributed by atoms with Crippen molar-refractivity contribution in [3.63, 3.8) is 0 Å². The van der Waals surface area contributed by atoms with Gasteiger partial charge in [0.2, 0.25) is 0 Å². The highest BCUT2D eigenvalue weighted by Crippen LogP contribution is 2.41. The monoisotopic (exact) mass is 641 g/mol. The number of hydrogen-bond donors (Lipinski definition) is 0. The van der Waals surface area contributed by atoms with Crippen molar-refractivity contribution >= 4 is 43.9 Å². The van der Waals surface area contributed by atoms with Crippen LogP contribution in [-0.4, -0.2) is 15.0 Å². The predicted octanol–water partition coefficient (Wildman–Crippen LogP) is 12.0. The summed E-state index contributed by atoms with van der Waals surface area (Å²) in [4.78, 5) is 15.1. The number of para-hydroxylation sites is 2. The van der Waals surface area contributed by atoms with E-state index in [1.807, 2.05) is 72.8 Å². The number of hydrogen-bond acceptors (Lipinski definition) is 5. The molecule has 0 saturated heterocycles. The molecule has 0 aliphatic carbocycles. The first-order valence-corrected chi connectivity index (χ1v) is 16.6. The molecular weight excluding hydrogens is 615 g/mol. The standard InChI is InChI=1S/C45H27N3O2/c1-3-11-28(12-4-1)29-21-23-31(24-22-29)44-46-43(30-13-5-2-6-14-30)47-45(48-44)36-18-9-17-35-41-33(16-10-20-40(41)50-42(35)36)32-25-26-39-37(27-32)34-15-7-8-19-38(34)49-39/h1-27H. The first kappa shape index (κ1) is 28.2. The lowest BCUT2D eigenvalue weighted by Gasteiger charge is -2.09. The third-order valence-electron chi connectivity index (χ3n) is 9.37. The molecule has 50 heavy (non-hydrogen) atoms. The maximum atomic E-state index is 6.68. The van der Waals surface area contributed by atoms with Gasteiger partial charge in [-0.3, -0.25) is 0 Å². The van der Waals surface area contributed by atoms with Crippen molar-refractivity contribution in [1.82, 2.24) is 15.0 Å². The lowest BCUT2D eigenvalue weighted by Crippen LogP contribution is -2.00. The fourth-order valence-corrected chi connectivity index (χ4v) is 6.94. The van der Waals surface area contributed by atoms with E-state index >= 15 is 0 Å². The summed E-state index contributed by atoms with van der Waals surface area (Å²) in [6.45, 7) is 0. The Morgan fingerprint density at radius 3 is 1.66 bits per heavy atom. The second-order valence-corrected chi connectivity index (χ2v) is 12.4. The molecule has 0 amide bonds. The van der Waals surface area contributed by atoms with Crippen molar-refractivity contribution in [2.24, 2.45) is 0 Å². The molecule has 0 atom stereocenters. The number of aromatic nitrogens is 3. The van der Waals surface area contributed by atoms with Crippen molar-refractivity contribution in [2.75, 3.05) is 0 Å². The van der Waals surface area contributed by atoms with Crippen molar-refractivity contribution in [3.05, 3.63) is 164 Å². The Kier molecular flexibility index (Phi) is 6.42. The van der Waals surface area contributed by atoms with Gasteiger partial charge in [0.15, 0.2) is 17.5 Å². The van der Waals surface area contributed by atoms with Crippen LogP contribution in [0, 0.1) is 0 Å². The van der Waals surface area contributed by atoms with E-state index in [2.05, 4.69) is 91.0 Å². The Morgan fingerprint density at radius 1 is 0.320 bits per heavy atom. The van der Waals surface area contributed by atoms with E-state index in [9.17, 15) is 0 Å². The number of nitrogens with zero attached hydrogens (tertiary/aromatic N) is 3. The zero-order valence-corrected chi connectivity index (χ0v) is 26.7. The van der Waals surface area contributed by atoms with E-state index in [1.165, 1.54) is 0 Å². The second kappa shape index (κ2) is 11.4. The molecule has 0 saturated carbocycles. The fourth-order valence-electron chi connectivity index (χ4n) is 6.94. The van der Waals surface area contributed by atoms with Crippen LogP contribution in [-0.2, 0) is 0 Å². The van der Waals surface area contributed by atoms with Gasteiger partial charge >= 0.3 is 0 Å². The normalized spacial score (nSPS) is 11.6. The van der Waals surface area contributed by atoms with Crippen LogP contribution in [0.5, 0.6) is 0 Å². The summed E-state index contributed by atoms with van der Waals surface area (Å²) >= 11 is 0. The largest absolute Gasteiger partial charge is 0.456 e. The summed E-state index contributed by atoms with van der Waals surface area (Å²) < 4.78 is 12.8. The third-order valence-corrected chi connectivity index (χ3v) is 9.37. The molecule has 10 rings (SSSR count). The highest BCUT2D eigenvalue weighted by Gasteiger charge is 2.20. The summed E-state index contributed by atoms with van der Waals surface area (Å²) in [6, 6.07) is 55.7. The molecule has 0 N–H and O–H groups in total. The molecule has 0 fully saturated rings. The molecule has 3 aromatic heterocycles. The molecule has 0 spiro atoms. The maximum Gasteiger partial charge on any atom is 0.167 e. The van der Waals surface area contributed by atoms with Crippen LogP contribution in [0.15, 0.2) is 173 Å². The minimum Gasteiger partial charge on any atom is -0.456 e. The van der Waals surface area contributed by atoms with Crippen LogP contribution in [0.3, 0.4) is 0 Å². The summed E-state index contributed by atoms with van der Waals surface area (Å²) in [7, 11) is 0. The predicted molar refractivity (Wildman–Crippen MR) is 202 cm³/mol. The van der Waals surface area contributed by atoms with Crippen molar-refractivity contribution in [2.45, 2.75) is 0 Å². The first-order chi connectivity index (χ1) is 24.8. The van der Waals surface area contributed by atoms with Crippen LogP contribution in [0.2, 0.25) is 0 Å². The summed E-state index contributed by atoms with van der Waals surface area (Å²) in [6.07, 6.45) is 0. The zero-order chi connectivity index (χ0) is 33.0. The van der Waals surface area contributed by atoms with Gasteiger partial charge in [-0.25, -0.2) is 15.0 Å². The van der Waals surface area contributed by atoms with Gasteiger partial charge in [0, 0.05) is 32.7 Å². The van der Waals surface area contributed by atoms with Crippen molar-refractivity contribution in [3.8, 4) is 56.4 Å². The maximum absolute atomic E-state index is 6.68. The van der Waals surface area contributed by atoms with Gasteiger partial charge < -0.3 is 8.83 Å². The van der Waals surface area contributed by atoms with E-state index in [1.54, 1.807) is 0 Å². The Hall–Kier alpha value is -6.85. The Balaban J connectivity index is 1.14. The van der Waals surface area contributed by atoms with E-state index in [4.69, 9.17) is 23.8 Å². The molecule has 0 radical (unpaired) electrons. The smallest absolute Gasteiger partial charge is 0.167 e. The third kappa shape index (κ3) is 4.67. The van der Waals surface area contributed by atoms with Crippen molar-refractivity contribution in [1.29, 1.82) is 0 Å². The molecule has 0 aliphatic heterocycles. The molecule has 0 unspecified atom stereocenters. The SMILES string of the molecule is c1ccc(-c2ccc(-c3nc(-c4ccccc4)nc(-c4cccc5c4oc4cccc(-c6ccc7oc8ccccc8c7c6)c45)n3)cc2)cc1. The molecule has 7 aromatic carbocycles. The minimum atomic E-state index is 0.554.